The van der Waals surface area contributed by atoms with Gasteiger partial charge in [0.2, 0.25) is 0 Å². The van der Waals surface area contributed by atoms with E-state index in [0.717, 1.165) is 4.47 Å². The molecular weight excluding hydrogens is 282 g/mol. The third-order valence-electron chi connectivity index (χ3n) is 2.19. The molecule has 0 N–H and O–H groups in total. The van der Waals surface area contributed by atoms with Crippen LogP contribution in [0.4, 0.5) is 5.82 Å². The first-order chi connectivity index (χ1) is 8.11. The summed E-state index contributed by atoms with van der Waals surface area (Å²) in [6.07, 6.45) is 3.37. The summed E-state index contributed by atoms with van der Waals surface area (Å²) in [5.41, 5.74) is 0.528. The van der Waals surface area contributed by atoms with E-state index in [2.05, 4.69) is 32.1 Å². The largest absolute Gasteiger partial charge is 0.360 e. The normalized spacial score (nSPS) is 10.0. The highest BCUT2D eigenvalue weighted by atomic mass is 79.9. The molecule has 0 unspecified atom stereocenters. The van der Waals surface area contributed by atoms with E-state index < -0.39 is 0 Å². The molecule has 2 aromatic heterocycles. The molecule has 0 spiro atoms. The third kappa shape index (κ3) is 2.29. The highest BCUT2D eigenvalue weighted by molar-refractivity contribution is 9.10. The van der Waals surface area contributed by atoms with Crippen LogP contribution in [0.1, 0.15) is 5.56 Å². The van der Waals surface area contributed by atoms with Crippen LogP contribution in [0.25, 0.3) is 5.82 Å². The summed E-state index contributed by atoms with van der Waals surface area (Å²) in [4.78, 5) is 6.02. The summed E-state index contributed by atoms with van der Waals surface area (Å²) in [5, 5.41) is 13.3. The van der Waals surface area contributed by atoms with Crippen LogP contribution in [-0.2, 0) is 0 Å². The van der Waals surface area contributed by atoms with E-state index in [4.69, 9.17) is 5.26 Å². The molecule has 0 aliphatic heterocycles. The fourth-order valence-corrected chi connectivity index (χ4v) is 1.63. The van der Waals surface area contributed by atoms with E-state index in [-0.39, 0.29) is 0 Å². The maximum atomic E-state index is 9.01. The molecule has 0 radical (unpaired) electrons. The number of pyridine rings is 1. The van der Waals surface area contributed by atoms with Gasteiger partial charge in [0.1, 0.15) is 11.6 Å². The number of rotatable bonds is 2. The van der Waals surface area contributed by atoms with Crippen molar-refractivity contribution in [3.63, 3.8) is 0 Å². The van der Waals surface area contributed by atoms with Crippen LogP contribution in [0.5, 0.6) is 0 Å². The minimum absolute atomic E-state index is 0.528. The second-order valence-corrected chi connectivity index (χ2v) is 4.57. The molecule has 86 valence electrons. The van der Waals surface area contributed by atoms with Crippen molar-refractivity contribution in [2.24, 2.45) is 0 Å². The van der Waals surface area contributed by atoms with Crippen molar-refractivity contribution in [3.8, 4) is 11.9 Å². The fourth-order valence-electron chi connectivity index (χ4n) is 1.39. The van der Waals surface area contributed by atoms with Crippen molar-refractivity contribution in [2.45, 2.75) is 0 Å². The Morgan fingerprint density at radius 1 is 1.41 bits per heavy atom. The number of halogens is 1. The zero-order chi connectivity index (χ0) is 12.4. The SMILES string of the molecule is CN(C)c1nn(-c2ccc(Br)cn2)cc1C#N. The van der Waals surface area contributed by atoms with E-state index in [1.165, 1.54) is 0 Å². The number of nitrogens with zero attached hydrogens (tertiary/aromatic N) is 5. The molecule has 0 aliphatic carbocycles. The van der Waals surface area contributed by atoms with Gasteiger partial charge >= 0.3 is 0 Å². The minimum Gasteiger partial charge on any atom is -0.360 e. The molecule has 2 aromatic rings. The second-order valence-electron chi connectivity index (χ2n) is 3.65. The van der Waals surface area contributed by atoms with Crippen LogP contribution < -0.4 is 4.90 Å². The molecule has 0 atom stereocenters. The second kappa shape index (κ2) is 4.55. The molecule has 0 saturated carbocycles. The van der Waals surface area contributed by atoms with Crippen molar-refractivity contribution in [1.29, 1.82) is 5.26 Å². The zero-order valence-electron chi connectivity index (χ0n) is 9.42. The Morgan fingerprint density at radius 2 is 2.18 bits per heavy atom. The Kier molecular flexibility index (Phi) is 3.11. The summed E-state index contributed by atoms with van der Waals surface area (Å²) in [5.74, 6) is 1.31. The maximum Gasteiger partial charge on any atom is 0.168 e. The first-order valence-electron chi connectivity index (χ1n) is 4.91. The van der Waals surface area contributed by atoms with Crippen molar-refractivity contribution in [1.82, 2.24) is 14.8 Å². The molecule has 0 aliphatic rings. The summed E-state index contributed by atoms with van der Waals surface area (Å²) in [6, 6.07) is 5.83. The van der Waals surface area contributed by atoms with Crippen LogP contribution in [0.2, 0.25) is 0 Å². The van der Waals surface area contributed by atoms with E-state index in [9.17, 15) is 0 Å². The van der Waals surface area contributed by atoms with Gasteiger partial charge in [0.25, 0.3) is 0 Å². The molecule has 17 heavy (non-hydrogen) atoms. The van der Waals surface area contributed by atoms with Gasteiger partial charge in [-0.15, -0.1) is 5.10 Å². The molecule has 0 fully saturated rings. The first-order valence-corrected chi connectivity index (χ1v) is 5.70. The molecule has 2 rings (SSSR count). The Bertz CT molecular complexity index is 565. The van der Waals surface area contributed by atoms with Gasteiger partial charge in [-0.25, -0.2) is 9.67 Å². The summed E-state index contributed by atoms with van der Waals surface area (Å²) in [7, 11) is 3.70. The van der Waals surface area contributed by atoms with Crippen LogP contribution in [0.3, 0.4) is 0 Å². The quantitative estimate of drug-likeness (QED) is 0.849. The summed E-state index contributed by atoms with van der Waals surface area (Å²) >= 11 is 3.32. The highest BCUT2D eigenvalue weighted by Crippen LogP contribution is 2.17. The highest BCUT2D eigenvalue weighted by Gasteiger charge is 2.11. The smallest absolute Gasteiger partial charge is 0.168 e. The lowest BCUT2D eigenvalue weighted by atomic mass is 10.3. The number of hydrogen-bond donors (Lipinski definition) is 0. The van der Waals surface area contributed by atoms with Crippen molar-refractivity contribution >= 4 is 21.7 Å². The summed E-state index contributed by atoms with van der Waals surface area (Å²) < 4.78 is 2.50. The van der Waals surface area contributed by atoms with Crippen LogP contribution in [0, 0.1) is 11.3 Å². The monoisotopic (exact) mass is 291 g/mol. The topological polar surface area (TPSA) is 57.7 Å². The van der Waals surface area contributed by atoms with Gasteiger partial charge in [-0.1, -0.05) is 0 Å². The lowest BCUT2D eigenvalue weighted by Crippen LogP contribution is -2.11. The predicted octanol–water partition coefficient (Wildman–Crippen LogP) is 1.97. The van der Waals surface area contributed by atoms with Gasteiger partial charge in [-0.05, 0) is 28.1 Å². The van der Waals surface area contributed by atoms with Gasteiger partial charge in [0.15, 0.2) is 11.6 Å². The number of nitriles is 1. The first kappa shape index (κ1) is 11.6. The lowest BCUT2D eigenvalue weighted by molar-refractivity contribution is 0.836. The van der Waals surface area contributed by atoms with E-state index >= 15 is 0 Å². The number of aromatic nitrogens is 3. The van der Waals surface area contributed by atoms with E-state index in [1.54, 1.807) is 22.0 Å². The zero-order valence-corrected chi connectivity index (χ0v) is 11.0. The predicted molar refractivity (Wildman–Crippen MR) is 68.1 cm³/mol. The molecule has 5 nitrogen and oxygen atoms in total. The third-order valence-corrected chi connectivity index (χ3v) is 2.65. The standard InChI is InChI=1S/C11H10BrN5/c1-16(2)11-8(5-13)7-17(15-11)10-4-3-9(12)6-14-10/h3-4,6-7H,1-2H3. The van der Waals surface area contributed by atoms with Gasteiger partial charge in [0, 0.05) is 24.8 Å². The van der Waals surface area contributed by atoms with Crippen molar-refractivity contribution < 1.29 is 0 Å². The molecule has 0 amide bonds. The number of hydrogen-bond acceptors (Lipinski definition) is 4. The summed E-state index contributed by atoms with van der Waals surface area (Å²) in [6.45, 7) is 0. The minimum atomic E-state index is 0.528. The molecule has 0 aromatic carbocycles. The van der Waals surface area contributed by atoms with Gasteiger partial charge in [-0.2, -0.15) is 5.26 Å². The van der Waals surface area contributed by atoms with Gasteiger partial charge < -0.3 is 4.90 Å². The van der Waals surface area contributed by atoms with Crippen LogP contribution in [0.15, 0.2) is 29.0 Å². The van der Waals surface area contributed by atoms with E-state index in [1.807, 2.05) is 26.2 Å². The molecule has 0 saturated heterocycles. The lowest BCUT2D eigenvalue weighted by Gasteiger charge is -2.07. The van der Waals surface area contributed by atoms with Gasteiger partial charge in [0.05, 0.1) is 6.20 Å². The van der Waals surface area contributed by atoms with Crippen LogP contribution in [-0.4, -0.2) is 28.9 Å². The molecular formula is C11H10BrN5. The Balaban J connectivity index is 2.47. The van der Waals surface area contributed by atoms with Crippen molar-refractivity contribution in [3.05, 3.63) is 34.6 Å². The molecule has 6 heteroatoms. The average molecular weight is 292 g/mol. The van der Waals surface area contributed by atoms with Crippen LogP contribution >= 0.6 is 15.9 Å². The molecule has 0 bridgehead atoms. The molecule has 2 heterocycles. The van der Waals surface area contributed by atoms with Crippen molar-refractivity contribution in [2.75, 3.05) is 19.0 Å². The van der Waals surface area contributed by atoms with Gasteiger partial charge in [-0.3, -0.25) is 0 Å². The van der Waals surface area contributed by atoms with E-state index in [0.29, 0.717) is 17.2 Å². The number of anilines is 1. The average Bonchev–Trinajstić information content (AvgIpc) is 2.74. The fraction of sp³-hybridized carbons (Fsp3) is 0.182. The Hall–Kier alpha value is -1.87. The Labute approximate surface area is 107 Å². The maximum absolute atomic E-state index is 9.01. The Morgan fingerprint density at radius 3 is 2.65 bits per heavy atom.